The number of hydrogen-bond donors (Lipinski definition) is 3. The summed E-state index contributed by atoms with van der Waals surface area (Å²) in [6, 6.07) is 13.6. The molecule has 0 aliphatic carbocycles. The van der Waals surface area contributed by atoms with Gasteiger partial charge < -0.3 is 25.3 Å². The molecule has 3 N–H and O–H groups in total. The number of hydrogen-bond acceptors (Lipinski definition) is 9. The highest BCUT2D eigenvalue weighted by atomic mass is 19.1. The van der Waals surface area contributed by atoms with Gasteiger partial charge in [0.25, 0.3) is 5.91 Å². The van der Waals surface area contributed by atoms with Gasteiger partial charge in [0.05, 0.1) is 18.6 Å². The molecular weight excluding hydrogens is 625 g/mol. The van der Waals surface area contributed by atoms with Crippen molar-refractivity contribution in [2.24, 2.45) is 5.92 Å². The number of fused-ring (bicyclic) bond motifs is 1. The van der Waals surface area contributed by atoms with Crippen LogP contribution >= 0.6 is 0 Å². The van der Waals surface area contributed by atoms with E-state index in [0.717, 1.165) is 79.2 Å². The Morgan fingerprint density at radius 2 is 1.84 bits per heavy atom. The molecule has 0 saturated carbocycles. The molecule has 3 saturated heterocycles. The highest BCUT2D eigenvalue weighted by molar-refractivity contribution is 6.03. The molecule has 0 radical (unpaired) electrons. The molecule has 3 aliphatic rings. The number of H-pyrrole nitrogens is 1. The summed E-state index contributed by atoms with van der Waals surface area (Å²) in [6.45, 7) is 9.06. The van der Waals surface area contributed by atoms with Crippen LogP contribution < -0.4 is 15.5 Å². The van der Waals surface area contributed by atoms with E-state index in [-0.39, 0.29) is 23.8 Å². The van der Waals surface area contributed by atoms with Crippen LogP contribution in [0.15, 0.2) is 55.0 Å². The van der Waals surface area contributed by atoms with Crippen molar-refractivity contribution in [2.75, 3.05) is 69.2 Å². The Morgan fingerprint density at radius 1 is 1.02 bits per heavy atom. The van der Waals surface area contributed by atoms with Gasteiger partial charge in [0.2, 0.25) is 5.91 Å². The van der Waals surface area contributed by atoms with Gasteiger partial charge in [0.1, 0.15) is 29.7 Å². The van der Waals surface area contributed by atoms with Gasteiger partial charge in [0, 0.05) is 75.9 Å². The third-order valence-corrected chi connectivity index (χ3v) is 9.52. The zero-order chi connectivity index (χ0) is 33.7. The molecule has 12 nitrogen and oxygen atoms in total. The van der Waals surface area contributed by atoms with Crippen LogP contribution in [-0.2, 0) is 16.1 Å². The molecule has 3 fully saturated rings. The van der Waals surface area contributed by atoms with Crippen molar-refractivity contribution in [2.45, 2.75) is 44.9 Å². The quantitative estimate of drug-likeness (QED) is 0.218. The largest absolute Gasteiger partial charge is 0.378 e. The van der Waals surface area contributed by atoms with E-state index in [0.29, 0.717) is 50.7 Å². The zero-order valence-corrected chi connectivity index (χ0v) is 27.9. The first kappa shape index (κ1) is 33.1. The second kappa shape index (κ2) is 15.0. The number of halogens is 1. The summed E-state index contributed by atoms with van der Waals surface area (Å²) in [7, 11) is 0. The van der Waals surface area contributed by atoms with Crippen molar-refractivity contribution in [3.05, 3.63) is 66.2 Å². The number of carbonyl (C=O) groups excluding carboxylic acids is 2. The molecule has 3 aromatic heterocycles. The summed E-state index contributed by atoms with van der Waals surface area (Å²) < 4.78 is 18.6. The van der Waals surface area contributed by atoms with Gasteiger partial charge in [-0.1, -0.05) is 19.1 Å². The van der Waals surface area contributed by atoms with E-state index in [2.05, 4.69) is 51.3 Å². The van der Waals surface area contributed by atoms with E-state index in [1.807, 2.05) is 43.3 Å². The molecule has 4 aromatic rings. The summed E-state index contributed by atoms with van der Waals surface area (Å²) in [5, 5.41) is 7.16. The van der Waals surface area contributed by atoms with Gasteiger partial charge in [-0.2, -0.15) is 0 Å². The highest BCUT2D eigenvalue weighted by Crippen LogP contribution is 2.30. The maximum Gasteiger partial charge on any atom is 0.274 e. The number of nitrogens with one attached hydrogen (secondary N) is 3. The van der Waals surface area contributed by atoms with Crippen LogP contribution in [0.5, 0.6) is 0 Å². The number of aromatic nitrogens is 4. The van der Waals surface area contributed by atoms with Crippen LogP contribution in [0.1, 0.15) is 42.2 Å². The predicted octanol–water partition coefficient (Wildman–Crippen LogP) is 3.87. The standard InChI is InChI=1S/C36H44FN9O3/c1-24(18-45-20-27(37)21-45)15-33(47)41-29-3-2-10-44(22-29)19-25-8-9-38-32(16-25)36(48)42-28-6-4-26(5-7-28)31-17-30-34(43-31)39-23-40-35(30)46-11-13-49-14-12-46/h4-9,16-17,23-24,27,29H,2-3,10-15,18-22H2,1H3,(H,41,47)(H,42,48)(H,39,40,43)/t24?,29-/m1/s1. The molecule has 1 unspecified atom stereocenters. The lowest BCUT2D eigenvalue weighted by molar-refractivity contribution is -0.123. The lowest BCUT2D eigenvalue weighted by Crippen LogP contribution is -2.50. The van der Waals surface area contributed by atoms with Crippen molar-refractivity contribution in [1.29, 1.82) is 0 Å². The number of nitrogens with zero attached hydrogens (tertiary/aromatic N) is 6. The molecular formula is C36H44FN9O3. The number of likely N-dealkylation sites (tertiary alicyclic amines) is 2. The number of morpholine rings is 1. The number of ether oxygens (including phenoxy) is 1. The lowest BCUT2D eigenvalue weighted by atomic mass is 10.0. The summed E-state index contributed by atoms with van der Waals surface area (Å²) in [4.78, 5) is 49.2. The average Bonchev–Trinajstić information content (AvgIpc) is 3.53. The fourth-order valence-corrected chi connectivity index (χ4v) is 7.07. The van der Waals surface area contributed by atoms with Gasteiger partial charge in [-0.05, 0) is 66.8 Å². The molecule has 3 aliphatic heterocycles. The number of rotatable bonds is 11. The van der Waals surface area contributed by atoms with E-state index < -0.39 is 6.17 Å². The third kappa shape index (κ3) is 8.23. The number of alkyl halides is 1. The maximum atomic E-state index is 13.2. The minimum absolute atomic E-state index is 0.0566. The van der Waals surface area contributed by atoms with Gasteiger partial charge in [-0.25, -0.2) is 14.4 Å². The Bertz CT molecular complexity index is 1750. The topological polar surface area (TPSA) is 132 Å². The fourth-order valence-electron chi connectivity index (χ4n) is 7.07. The van der Waals surface area contributed by atoms with E-state index in [4.69, 9.17) is 4.74 Å². The smallest absolute Gasteiger partial charge is 0.274 e. The first-order chi connectivity index (χ1) is 23.9. The molecule has 2 atom stereocenters. The lowest BCUT2D eigenvalue weighted by Gasteiger charge is -2.36. The Balaban J connectivity index is 0.919. The highest BCUT2D eigenvalue weighted by Gasteiger charge is 2.28. The first-order valence-corrected chi connectivity index (χ1v) is 17.3. The minimum Gasteiger partial charge on any atom is -0.378 e. The molecule has 258 valence electrons. The molecule has 1 aromatic carbocycles. The number of amides is 2. The molecule has 49 heavy (non-hydrogen) atoms. The van der Waals surface area contributed by atoms with Crippen LogP contribution in [-0.4, -0.2) is 113 Å². The molecule has 6 heterocycles. The number of anilines is 2. The van der Waals surface area contributed by atoms with E-state index in [9.17, 15) is 14.0 Å². The van der Waals surface area contributed by atoms with Gasteiger partial charge in [-0.3, -0.25) is 24.4 Å². The number of piperidine rings is 1. The zero-order valence-electron chi connectivity index (χ0n) is 27.9. The van der Waals surface area contributed by atoms with E-state index >= 15 is 0 Å². The number of aromatic amines is 1. The molecule has 0 spiro atoms. The molecule has 0 bridgehead atoms. The van der Waals surface area contributed by atoms with E-state index in [1.54, 1.807) is 12.5 Å². The van der Waals surface area contributed by atoms with Crippen molar-refractivity contribution in [3.63, 3.8) is 0 Å². The Hall–Kier alpha value is -4.46. The predicted molar refractivity (Wildman–Crippen MR) is 186 cm³/mol. The summed E-state index contributed by atoms with van der Waals surface area (Å²) >= 11 is 0. The minimum atomic E-state index is -0.720. The summed E-state index contributed by atoms with van der Waals surface area (Å²) in [5.41, 5.74) is 4.69. The van der Waals surface area contributed by atoms with Crippen LogP contribution in [0, 0.1) is 5.92 Å². The second-order valence-electron chi connectivity index (χ2n) is 13.6. The van der Waals surface area contributed by atoms with Crippen LogP contribution in [0.4, 0.5) is 15.9 Å². The molecule has 13 heteroatoms. The van der Waals surface area contributed by atoms with Gasteiger partial charge >= 0.3 is 0 Å². The number of benzene rings is 1. The normalized spacial score (nSPS) is 19.8. The van der Waals surface area contributed by atoms with E-state index in [1.165, 1.54) is 0 Å². The van der Waals surface area contributed by atoms with Crippen molar-refractivity contribution in [3.8, 4) is 11.3 Å². The maximum absolute atomic E-state index is 13.2. The van der Waals surface area contributed by atoms with Gasteiger partial charge in [0.15, 0.2) is 0 Å². The first-order valence-electron chi connectivity index (χ1n) is 17.3. The fraction of sp³-hybridized carbons (Fsp3) is 0.472. The monoisotopic (exact) mass is 669 g/mol. The van der Waals surface area contributed by atoms with Crippen LogP contribution in [0.3, 0.4) is 0 Å². The Kier molecular flexibility index (Phi) is 10.1. The third-order valence-electron chi connectivity index (χ3n) is 9.52. The van der Waals surface area contributed by atoms with Crippen LogP contribution in [0.2, 0.25) is 0 Å². The number of carbonyl (C=O) groups is 2. The van der Waals surface area contributed by atoms with Crippen molar-refractivity contribution < 1.29 is 18.7 Å². The average molecular weight is 670 g/mol. The SMILES string of the molecule is CC(CC(=O)N[C@@H]1CCCN(Cc2ccnc(C(=O)Nc3ccc(-c4cc5c(N6CCOCC6)ncnc5[nH]4)cc3)c2)C1)CN1CC(F)C1. The van der Waals surface area contributed by atoms with Gasteiger partial charge in [-0.15, -0.1) is 0 Å². The van der Waals surface area contributed by atoms with Crippen molar-refractivity contribution in [1.82, 2.24) is 35.1 Å². The van der Waals surface area contributed by atoms with Crippen molar-refractivity contribution >= 4 is 34.4 Å². The molecule has 2 amide bonds. The summed E-state index contributed by atoms with van der Waals surface area (Å²) in [6.07, 6.45) is 4.92. The Labute approximate surface area is 285 Å². The number of pyridine rings is 1. The molecule has 7 rings (SSSR count). The van der Waals surface area contributed by atoms with Crippen LogP contribution in [0.25, 0.3) is 22.3 Å². The second-order valence-corrected chi connectivity index (χ2v) is 13.6. The Morgan fingerprint density at radius 3 is 2.63 bits per heavy atom. The summed E-state index contributed by atoms with van der Waals surface area (Å²) in [5.74, 6) is 0.875.